The molecule has 19 heavy (non-hydrogen) atoms. The van der Waals surface area contributed by atoms with Crippen molar-refractivity contribution in [3.8, 4) is 0 Å². The molecule has 1 aromatic heterocycles. The Bertz CT molecular complexity index is 667. The van der Waals surface area contributed by atoms with Crippen molar-refractivity contribution in [1.82, 2.24) is 14.7 Å². The Labute approximate surface area is 117 Å². The summed E-state index contributed by atoms with van der Waals surface area (Å²) < 4.78 is 26.3. The van der Waals surface area contributed by atoms with E-state index in [2.05, 4.69) is 14.7 Å². The number of rotatable bonds is 5. The van der Waals surface area contributed by atoms with Crippen LogP contribution in [0.3, 0.4) is 0 Å². The van der Waals surface area contributed by atoms with Crippen LogP contribution in [0.4, 0.5) is 0 Å². The normalized spacial score (nSPS) is 11.7. The molecule has 0 radical (unpaired) electrons. The van der Waals surface area contributed by atoms with Crippen molar-refractivity contribution in [2.75, 3.05) is 6.54 Å². The fourth-order valence-corrected chi connectivity index (χ4v) is 2.85. The van der Waals surface area contributed by atoms with E-state index in [1.165, 1.54) is 6.20 Å². The van der Waals surface area contributed by atoms with Crippen LogP contribution in [0.5, 0.6) is 0 Å². The number of nitrogens with zero attached hydrogens (tertiary/aromatic N) is 1. The number of halogens is 1. The van der Waals surface area contributed by atoms with E-state index in [1.807, 2.05) is 18.2 Å². The second-order valence-corrected chi connectivity index (χ2v) is 6.28. The van der Waals surface area contributed by atoms with Crippen LogP contribution in [0.2, 0.25) is 5.02 Å². The average Bonchev–Trinajstić information content (AvgIpc) is 2.76. The summed E-state index contributed by atoms with van der Waals surface area (Å²) in [4.78, 5) is 6.56. The number of H-pyrrole nitrogens is 1. The number of nitrogens with one attached hydrogen (secondary N) is 2. The van der Waals surface area contributed by atoms with E-state index in [1.54, 1.807) is 13.0 Å². The van der Waals surface area contributed by atoms with Crippen molar-refractivity contribution in [1.29, 1.82) is 0 Å². The van der Waals surface area contributed by atoms with Gasteiger partial charge in [0.25, 0.3) is 10.0 Å². The smallest absolute Gasteiger partial charge is 0.257 e. The Morgan fingerprint density at radius 3 is 2.84 bits per heavy atom. The molecule has 0 aliphatic rings. The lowest BCUT2D eigenvalue weighted by molar-refractivity contribution is 0.578. The van der Waals surface area contributed by atoms with Gasteiger partial charge in [0.15, 0.2) is 5.03 Å². The minimum absolute atomic E-state index is 0.0797. The molecule has 2 rings (SSSR count). The number of imidazole rings is 1. The maximum absolute atomic E-state index is 11.9. The number of hydrogen-bond donors (Lipinski definition) is 2. The Hall–Kier alpha value is -1.37. The van der Waals surface area contributed by atoms with Crippen LogP contribution in [-0.2, 0) is 16.4 Å². The molecule has 5 nitrogen and oxygen atoms in total. The molecule has 1 heterocycles. The Balaban J connectivity index is 1.96. The van der Waals surface area contributed by atoms with Gasteiger partial charge in [0.2, 0.25) is 0 Å². The number of aryl methyl sites for hydroxylation is 1. The first-order chi connectivity index (χ1) is 8.97. The standard InChI is InChI=1S/C12H14ClN3O2S/c1-9-14-8-12(16-9)19(17,18)15-6-5-10-3-2-4-11(13)7-10/h2-4,7-8,15H,5-6H2,1H3,(H,14,16). The fourth-order valence-electron chi connectivity index (χ4n) is 1.63. The predicted molar refractivity (Wildman–Crippen MR) is 73.7 cm³/mol. The van der Waals surface area contributed by atoms with Gasteiger partial charge in [-0.3, -0.25) is 0 Å². The van der Waals surface area contributed by atoms with Crippen LogP contribution in [0.25, 0.3) is 0 Å². The summed E-state index contributed by atoms with van der Waals surface area (Å²) in [6.07, 6.45) is 1.88. The molecule has 0 saturated carbocycles. The van der Waals surface area contributed by atoms with Gasteiger partial charge < -0.3 is 4.98 Å². The van der Waals surface area contributed by atoms with E-state index in [0.717, 1.165) is 5.56 Å². The molecule has 102 valence electrons. The van der Waals surface area contributed by atoms with Gasteiger partial charge in [0.1, 0.15) is 5.82 Å². The molecule has 0 atom stereocenters. The van der Waals surface area contributed by atoms with Gasteiger partial charge >= 0.3 is 0 Å². The number of aromatic amines is 1. The molecule has 0 aliphatic carbocycles. The number of benzene rings is 1. The minimum atomic E-state index is -3.52. The van der Waals surface area contributed by atoms with Crippen molar-refractivity contribution in [3.05, 3.63) is 46.9 Å². The molecule has 0 bridgehead atoms. The molecule has 0 unspecified atom stereocenters. The molecule has 0 fully saturated rings. The molecular weight excluding hydrogens is 286 g/mol. The van der Waals surface area contributed by atoms with Crippen LogP contribution in [0, 0.1) is 6.92 Å². The van der Waals surface area contributed by atoms with Crippen molar-refractivity contribution in [2.45, 2.75) is 18.4 Å². The zero-order valence-corrected chi connectivity index (χ0v) is 11.9. The highest BCUT2D eigenvalue weighted by molar-refractivity contribution is 7.89. The Kier molecular flexibility index (Phi) is 4.24. The number of sulfonamides is 1. The van der Waals surface area contributed by atoms with Gasteiger partial charge in [0.05, 0.1) is 6.20 Å². The zero-order chi connectivity index (χ0) is 13.9. The second-order valence-electron chi connectivity index (χ2n) is 4.11. The molecule has 7 heteroatoms. The molecule has 0 spiro atoms. The molecule has 0 amide bonds. The minimum Gasteiger partial charge on any atom is -0.332 e. The van der Waals surface area contributed by atoms with E-state index >= 15 is 0 Å². The monoisotopic (exact) mass is 299 g/mol. The predicted octanol–water partition coefficient (Wildman–Crippen LogP) is 1.89. The maximum Gasteiger partial charge on any atom is 0.257 e. The SMILES string of the molecule is Cc1ncc(S(=O)(=O)NCCc2cccc(Cl)c2)[nH]1. The van der Waals surface area contributed by atoms with Crippen molar-refractivity contribution >= 4 is 21.6 Å². The van der Waals surface area contributed by atoms with E-state index in [0.29, 0.717) is 23.8 Å². The second kappa shape index (κ2) is 5.73. The lowest BCUT2D eigenvalue weighted by atomic mass is 10.2. The summed E-state index contributed by atoms with van der Waals surface area (Å²) in [5.41, 5.74) is 0.982. The summed E-state index contributed by atoms with van der Waals surface area (Å²) >= 11 is 5.86. The first-order valence-electron chi connectivity index (χ1n) is 5.73. The summed E-state index contributed by atoms with van der Waals surface area (Å²) in [6.45, 7) is 2.01. The van der Waals surface area contributed by atoms with E-state index in [-0.39, 0.29) is 5.03 Å². The summed E-state index contributed by atoms with van der Waals surface area (Å²) in [5.74, 6) is 0.565. The highest BCUT2D eigenvalue weighted by atomic mass is 35.5. The van der Waals surface area contributed by atoms with Gasteiger partial charge in [-0.25, -0.2) is 18.1 Å². The quantitative estimate of drug-likeness (QED) is 0.885. The van der Waals surface area contributed by atoms with E-state index < -0.39 is 10.0 Å². The molecule has 1 aromatic carbocycles. The van der Waals surface area contributed by atoms with Gasteiger partial charge in [-0.15, -0.1) is 0 Å². The topological polar surface area (TPSA) is 74.8 Å². The maximum atomic E-state index is 11.9. The molecule has 0 saturated heterocycles. The molecule has 2 N–H and O–H groups in total. The number of aromatic nitrogens is 2. The largest absolute Gasteiger partial charge is 0.332 e. The van der Waals surface area contributed by atoms with Gasteiger partial charge in [-0.05, 0) is 31.0 Å². The summed E-state index contributed by atoms with van der Waals surface area (Å²) in [7, 11) is -3.52. The number of hydrogen-bond acceptors (Lipinski definition) is 3. The first-order valence-corrected chi connectivity index (χ1v) is 7.59. The Morgan fingerprint density at radius 2 is 2.21 bits per heavy atom. The van der Waals surface area contributed by atoms with Gasteiger partial charge in [0, 0.05) is 11.6 Å². The lowest BCUT2D eigenvalue weighted by Gasteiger charge is -2.05. The van der Waals surface area contributed by atoms with Crippen LogP contribution in [0.15, 0.2) is 35.5 Å². The molecule has 0 aliphatic heterocycles. The fraction of sp³-hybridized carbons (Fsp3) is 0.250. The Morgan fingerprint density at radius 1 is 1.42 bits per heavy atom. The van der Waals surface area contributed by atoms with Crippen molar-refractivity contribution < 1.29 is 8.42 Å². The third kappa shape index (κ3) is 3.79. The average molecular weight is 300 g/mol. The lowest BCUT2D eigenvalue weighted by Crippen LogP contribution is -2.26. The first kappa shape index (κ1) is 14.0. The zero-order valence-electron chi connectivity index (χ0n) is 10.4. The molecular formula is C12H14ClN3O2S. The third-order valence-electron chi connectivity index (χ3n) is 2.56. The van der Waals surface area contributed by atoms with Crippen molar-refractivity contribution in [3.63, 3.8) is 0 Å². The van der Waals surface area contributed by atoms with E-state index in [4.69, 9.17) is 11.6 Å². The highest BCUT2D eigenvalue weighted by Gasteiger charge is 2.15. The van der Waals surface area contributed by atoms with Gasteiger partial charge in [-0.2, -0.15) is 0 Å². The van der Waals surface area contributed by atoms with Crippen LogP contribution in [-0.4, -0.2) is 24.9 Å². The van der Waals surface area contributed by atoms with Crippen molar-refractivity contribution in [2.24, 2.45) is 0 Å². The van der Waals surface area contributed by atoms with Crippen LogP contribution < -0.4 is 4.72 Å². The summed E-state index contributed by atoms with van der Waals surface area (Å²) in [5, 5.41) is 0.723. The van der Waals surface area contributed by atoms with Crippen LogP contribution in [0.1, 0.15) is 11.4 Å². The van der Waals surface area contributed by atoms with Crippen LogP contribution >= 0.6 is 11.6 Å². The summed E-state index contributed by atoms with van der Waals surface area (Å²) in [6, 6.07) is 7.34. The molecule has 2 aromatic rings. The van der Waals surface area contributed by atoms with E-state index in [9.17, 15) is 8.42 Å². The highest BCUT2D eigenvalue weighted by Crippen LogP contribution is 2.11. The van der Waals surface area contributed by atoms with Gasteiger partial charge in [-0.1, -0.05) is 23.7 Å². The third-order valence-corrected chi connectivity index (χ3v) is 4.17.